The number of ether oxygens (including phenoxy) is 1. The molecule has 0 spiro atoms. The van der Waals surface area contributed by atoms with E-state index in [1.165, 1.54) is 0 Å². The highest BCUT2D eigenvalue weighted by Gasteiger charge is 2.13. The van der Waals surface area contributed by atoms with Crippen LogP contribution in [0.5, 0.6) is 5.75 Å². The molecule has 1 aromatic carbocycles. The molecule has 0 atom stereocenters. The van der Waals surface area contributed by atoms with Crippen molar-refractivity contribution in [2.45, 2.75) is 20.0 Å². The van der Waals surface area contributed by atoms with Gasteiger partial charge in [0.25, 0.3) is 0 Å². The minimum Gasteiger partial charge on any atom is -0.487 e. The van der Waals surface area contributed by atoms with E-state index in [2.05, 4.69) is 33.1 Å². The maximum atomic E-state index is 8.69. The second-order valence-electron chi connectivity index (χ2n) is 4.49. The second-order valence-corrected chi connectivity index (χ2v) is 5.28. The summed E-state index contributed by atoms with van der Waals surface area (Å²) in [4.78, 5) is 0. The van der Waals surface area contributed by atoms with Gasteiger partial charge in [-0.2, -0.15) is 5.10 Å². The van der Waals surface area contributed by atoms with Crippen molar-refractivity contribution in [1.29, 1.82) is 0 Å². The number of nitrogens with zero attached hydrogens (tertiary/aromatic N) is 3. The molecule has 0 bridgehead atoms. The minimum atomic E-state index is 0.0513. The summed E-state index contributed by atoms with van der Waals surface area (Å²) in [6.45, 7) is 2.43. The highest BCUT2D eigenvalue weighted by Crippen LogP contribution is 2.23. The molecule has 0 saturated carbocycles. The van der Waals surface area contributed by atoms with Crippen molar-refractivity contribution in [3.8, 4) is 5.75 Å². The van der Waals surface area contributed by atoms with Crippen molar-refractivity contribution in [1.82, 2.24) is 9.78 Å². The van der Waals surface area contributed by atoms with Gasteiger partial charge < -0.3 is 15.7 Å². The first kappa shape index (κ1) is 15.4. The van der Waals surface area contributed by atoms with Crippen LogP contribution in [-0.4, -0.2) is 20.8 Å². The summed E-state index contributed by atoms with van der Waals surface area (Å²) in [5.74, 6) is 0.695. The van der Waals surface area contributed by atoms with Crippen molar-refractivity contribution < 1.29 is 9.94 Å². The molecular formula is C14H17BrN4O2. The molecule has 1 aromatic heterocycles. The topological polar surface area (TPSA) is 85.7 Å². The number of benzene rings is 1. The fourth-order valence-electron chi connectivity index (χ4n) is 1.93. The Labute approximate surface area is 131 Å². The Balaban J connectivity index is 2.15. The first-order valence-corrected chi connectivity index (χ1v) is 7.27. The summed E-state index contributed by atoms with van der Waals surface area (Å²) in [5, 5.41) is 16.1. The highest BCUT2D eigenvalue weighted by atomic mass is 79.9. The smallest absolute Gasteiger partial charge is 0.170 e. The number of oxime groups is 1. The zero-order valence-electron chi connectivity index (χ0n) is 11.9. The zero-order chi connectivity index (χ0) is 15.4. The number of halogens is 1. The summed E-state index contributed by atoms with van der Waals surface area (Å²) in [6.07, 6.45) is 0.855. The van der Waals surface area contributed by atoms with E-state index in [1.54, 1.807) is 22.9 Å². The van der Waals surface area contributed by atoms with Crippen LogP contribution in [0.3, 0.4) is 0 Å². The normalized spacial score (nSPS) is 11.7. The van der Waals surface area contributed by atoms with Gasteiger partial charge in [-0.05, 0) is 34.5 Å². The molecule has 0 fully saturated rings. The SMILES string of the molecule is CCc1nn(C)c(COc2cccc(C(N)=NO)c2)c1Br. The molecule has 7 heteroatoms. The van der Waals surface area contributed by atoms with Crippen LogP contribution >= 0.6 is 15.9 Å². The van der Waals surface area contributed by atoms with Gasteiger partial charge in [0.2, 0.25) is 0 Å². The number of nitrogens with two attached hydrogens (primary N) is 1. The summed E-state index contributed by atoms with van der Waals surface area (Å²) in [7, 11) is 1.88. The fraction of sp³-hybridized carbons (Fsp3) is 0.286. The lowest BCUT2D eigenvalue weighted by Gasteiger charge is -2.08. The molecule has 21 heavy (non-hydrogen) atoms. The van der Waals surface area contributed by atoms with Crippen LogP contribution in [0.2, 0.25) is 0 Å². The molecule has 0 saturated heterocycles. The van der Waals surface area contributed by atoms with Gasteiger partial charge in [-0.25, -0.2) is 0 Å². The van der Waals surface area contributed by atoms with E-state index in [9.17, 15) is 0 Å². The van der Waals surface area contributed by atoms with Gasteiger partial charge in [0, 0.05) is 12.6 Å². The maximum absolute atomic E-state index is 8.69. The van der Waals surface area contributed by atoms with Gasteiger partial charge >= 0.3 is 0 Å². The monoisotopic (exact) mass is 352 g/mol. The van der Waals surface area contributed by atoms with E-state index in [4.69, 9.17) is 15.7 Å². The molecule has 2 aromatic rings. The molecular weight excluding hydrogens is 336 g/mol. The van der Waals surface area contributed by atoms with E-state index in [0.29, 0.717) is 17.9 Å². The average molecular weight is 353 g/mol. The third kappa shape index (κ3) is 3.36. The van der Waals surface area contributed by atoms with Gasteiger partial charge in [0.1, 0.15) is 12.4 Å². The lowest BCUT2D eigenvalue weighted by Crippen LogP contribution is -2.13. The number of amidine groups is 1. The average Bonchev–Trinajstić information content (AvgIpc) is 2.78. The Morgan fingerprint density at radius 2 is 2.29 bits per heavy atom. The van der Waals surface area contributed by atoms with Gasteiger partial charge in [-0.15, -0.1) is 0 Å². The summed E-state index contributed by atoms with van der Waals surface area (Å²) < 4.78 is 8.54. The van der Waals surface area contributed by atoms with Crippen LogP contribution in [0.4, 0.5) is 0 Å². The van der Waals surface area contributed by atoms with Crippen LogP contribution in [0.15, 0.2) is 33.9 Å². The third-order valence-corrected chi connectivity index (χ3v) is 4.03. The molecule has 2 rings (SSSR count). The van der Waals surface area contributed by atoms with Crippen molar-refractivity contribution in [2.24, 2.45) is 17.9 Å². The second kappa shape index (κ2) is 6.62. The van der Waals surface area contributed by atoms with Crippen LogP contribution in [0, 0.1) is 0 Å². The largest absolute Gasteiger partial charge is 0.487 e. The lowest BCUT2D eigenvalue weighted by atomic mass is 10.2. The predicted molar refractivity (Wildman–Crippen MR) is 83.6 cm³/mol. The standard InChI is InChI=1S/C14H17BrN4O2/c1-3-11-13(15)12(19(2)17-11)8-21-10-6-4-5-9(7-10)14(16)18-20/h4-7,20H,3,8H2,1-2H3,(H2,16,18). The van der Waals surface area contributed by atoms with Crippen molar-refractivity contribution >= 4 is 21.8 Å². The fourth-order valence-corrected chi connectivity index (χ4v) is 2.66. The first-order valence-electron chi connectivity index (χ1n) is 6.47. The Morgan fingerprint density at radius 3 is 2.90 bits per heavy atom. The van der Waals surface area contributed by atoms with E-state index in [1.807, 2.05) is 13.1 Å². The molecule has 0 amide bonds. The van der Waals surface area contributed by atoms with Gasteiger partial charge in [-0.1, -0.05) is 24.2 Å². The number of hydrogen-bond donors (Lipinski definition) is 2. The molecule has 0 unspecified atom stereocenters. The first-order chi connectivity index (χ1) is 10.1. The Bertz CT molecular complexity index is 667. The van der Waals surface area contributed by atoms with Gasteiger partial charge in [0.05, 0.1) is 15.9 Å². The number of aryl methyl sites for hydroxylation is 2. The number of rotatable bonds is 5. The van der Waals surface area contributed by atoms with Crippen LogP contribution in [0.1, 0.15) is 23.9 Å². The van der Waals surface area contributed by atoms with Crippen LogP contribution < -0.4 is 10.5 Å². The summed E-state index contributed by atoms with van der Waals surface area (Å²) in [5.41, 5.74) is 8.13. The van der Waals surface area contributed by atoms with E-state index >= 15 is 0 Å². The summed E-state index contributed by atoms with van der Waals surface area (Å²) in [6, 6.07) is 7.08. The molecule has 112 valence electrons. The quantitative estimate of drug-likeness (QED) is 0.374. The maximum Gasteiger partial charge on any atom is 0.170 e. The van der Waals surface area contributed by atoms with E-state index in [0.717, 1.165) is 22.3 Å². The molecule has 6 nitrogen and oxygen atoms in total. The number of hydrogen-bond acceptors (Lipinski definition) is 4. The van der Waals surface area contributed by atoms with E-state index in [-0.39, 0.29) is 5.84 Å². The van der Waals surface area contributed by atoms with Crippen molar-refractivity contribution in [3.05, 3.63) is 45.7 Å². The van der Waals surface area contributed by atoms with Crippen molar-refractivity contribution in [2.75, 3.05) is 0 Å². The molecule has 0 aliphatic heterocycles. The van der Waals surface area contributed by atoms with E-state index < -0.39 is 0 Å². The highest BCUT2D eigenvalue weighted by molar-refractivity contribution is 9.10. The van der Waals surface area contributed by atoms with Gasteiger partial charge in [0.15, 0.2) is 5.84 Å². The predicted octanol–water partition coefficient (Wildman–Crippen LogP) is 2.42. The summed E-state index contributed by atoms with van der Waals surface area (Å²) >= 11 is 3.55. The Hall–Kier alpha value is -2.02. The number of aromatic nitrogens is 2. The molecule has 0 aliphatic carbocycles. The molecule has 1 heterocycles. The third-order valence-electron chi connectivity index (χ3n) is 3.12. The molecule has 0 radical (unpaired) electrons. The molecule has 3 N–H and O–H groups in total. The van der Waals surface area contributed by atoms with Gasteiger partial charge in [-0.3, -0.25) is 4.68 Å². The Morgan fingerprint density at radius 1 is 1.52 bits per heavy atom. The minimum absolute atomic E-state index is 0.0513. The lowest BCUT2D eigenvalue weighted by molar-refractivity contribution is 0.294. The molecule has 0 aliphatic rings. The van der Waals surface area contributed by atoms with Crippen molar-refractivity contribution in [3.63, 3.8) is 0 Å². The zero-order valence-corrected chi connectivity index (χ0v) is 13.5. The van der Waals surface area contributed by atoms with Crippen LogP contribution in [-0.2, 0) is 20.1 Å². The Kier molecular flexibility index (Phi) is 4.85. The van der Waals surface area contributed by atoms with Crippen LogP contribution in [0.25, 0.3) is 0 Å².